The van der Waals surface area contributed by atoms with Crippen molar-refractivity contribution in [3.63, 3.8) is 0 Å². The first-order valence-corrected chi connectivity index (χ1v) is 14.0. The number of rotatable bonds is 9. The molecule has 0 aliphatic carbocycles. The van der Waals surface area contributed by atoms with Crippen LogP contribution in [0.5, 0.6) is 0 Å². The summed E-state index contributed by atoms with van der Waals surface area (Å²) in [4.78, 5) is 23.1. The summed E-state index contributed by atoms with van der Waals surface area (Å²) in [6.45, 7) is 10.5. The first-order chi connectivity index (χ1) is 17.1. The van der Waals surface area contributed by atoms with E-state index in [0.717, 1.165) is 45.0 Å². The predicted octanol–water partition coefficient (Wildman–Crippen LogP) is 6.29. The molecule has 4 nitrogen and oxygen atoms in total. The van der Waals surface area contributed by atoms with Crippen LogP contribution in [0.2, 0.25) is 0 Å². The van der Waals surface area contributed by atoms with Crippen molar-refractivity contribution in [1.82, 2.24) is 0 Å². The minimum absolute atomic E-state index is 0.143. The molecule has 2 aromatic rings. The number of carbonyl (C=O) groups is 2. The first-order valence-electron chi connectivity index (χ1n) is 14.0. The van der Waals surface area contributed by atoms with Crippen LogP contribution >= 0.6 is 0 Å². The molecule has 2 fully saturated rings. The zero-order chi connectivity index (χ0) is 25.8. The van der Waals surface area contributed by atoms with E-state index in [2.05, 4.69) is 38.4 Å². The summed E-state index contributed by atoms with van der Waals surface area (Å²) >= 11 is 0. The van der Waals surface area contributed by atoms with Crippen molar-refractivity contribution in [2.24, 2.45) is 11.8 Å². The number of likely N-dealkylation sites (tertiary alicyclic amines) is 2. The highest BCUT2D eigenvalue weighted by molar-refractivity contribution is 5.94. The molecule has 2 aromatic carbocycles. The van der Waals surface area contributed by atoms with Crippen molar-refractivity contribution < 1.29 is 18.6 Å². The zero-order valence-corrected chi connectivity index (χ0v) is 23.0. The highest BCUT2D eigenvalue weighted by Crippen LogP contribution is 2.33. The average molecular weight is 491 g/mol. The molecule has 0 N–H and O–H groups in total. The summed E-state index contributed by atoms with van der Waals surface area (Å²) in [5, 5.41) is 0. The Kier molecular flexibility index (Phi) is 8.47. The van der Waals surface area contributed by atoms with E-state index in [0.29, 0.717) is 0 Å². The van der Waals surface area contributed by atoms with Crippen molar-refractivity contribution in [3.8, 4) is 0 Å². The van der Waals surface area contributed by atoms with Gasteiger partial charge in [-0.25, -0.2) is 0 Å². The second kappa shape index (κ2) is 11.4. The number of carbonyl (C=O) groups excluding carboxylic acids is 2. The summed E-state index contributed by atoms with van der Waals surface area (Å²) < 4.78 is 2.26. The zero-order valence-electron chi connectivity index (χ0n) is 23.0. The number of nitrogens with zero attached hydrogens (tertiary/aromatic N) is 2. The van der Waals surface area contributed by atoms with Crippen molar-refractivity contribution in [2.45, 2.75) is 65.5 Å². The van der Waals surface area contributed by atoms with Crippen LogP contribution in [-0.4, -0.2) is 60.8 Å². The third kappa shape index (κ3) is 7.14. The van der Waals surface area contributed by atoms with E-state index in [-0.39, 0.29) is 11.6 Å². The standard InChI is InChI=1S/C32H46N2O2/c1-25(35)31-11-7-29(8-12-31)23-33(3)19-15-27(16-20-33)5-6-28-17-21-34(4,22-18-28)24-30-9-13-32(14-10-30)26(2)36/h7-14,27-28H,5-6,15-24H2,1-4H3/q+2. The van der Waals surface area contributed by atoms with Gasteiger partial charge < -0.3 is 8.97 Å². The second-order valence-corrected chi connectivity index (χ2v) is 12.4. The lowest BCUT2D eigenvalue weighted by Crippen LogP contribution is -2.49. The Morgan fingerprint density at radius 1 is 0.611 bits per heavy atom. The second-order valence-electron chi connectivity index (χ2n) is 12.4. The minimum Gasteiger partial charge on any atom is -0.322 e. The van der Waals surface area contributed by atoms with Gasteiger partial charge in [-0.1, -0.05) is 48.5 Å². The number of quaternary nitrogens is 2. The molecule has 4 rings (SSSR count). The molecule has 0 aromatic heterocycles. The van der Waals surface area contributed by atoms with E-state index >= 15 is 0 Å². The summed E-state index contributed by atoms with van der Waals surface area (Å²) in [7, 11) is 4.81. The molecule has 0 bridgehead atoms. The molecular weight excluding hydrogens is 444 g/mol. The maximum Gasteiger partial charge on any atom is 0.159 e. The van der Waals surface area contributed by atoms with Crippen molar-refractivity contribution in [1.29, 1.82) is 0 Å². The maximum atomic E-state index is 11.5. The molecule has 0 unspecified atom stereocenters. The molecule has 2 heterocycles. The highest BCUT2D eigenvalue weighted by Gasteiger charge is 2.33. The summed E-state index contributed by atoms with van der Waals surface area (Å²) in [5.41, 5.74) is 4.31. The van der Waals surface area contributed by atoms with Gasteiger partial charge in [-0.3, -0.25) is 9.59 Å². The lowest BCUT2D eigenvalue weighted by Gasteiger charge is -2.42. The smallest absolute Gasteiger partial charge is 0.159 e. The number of benzene rings is 2. The van der Waals surface area contributed by atoms with Gasteiger partial charge in [0.2, 0.25) is 0 Å². The van der Waals surface area contributed by atoms with Gasteiger partial charge >= 0.3 is 0 Å². The Balaban J connectivity index is 1.17. The Hall–Kier alpha value is -2.30. The van der Waals surface area contributed by atoms with E-state index in [4.69, 9.17) is 0 Å². The molecule has 0 radical (unpaired) electrons. The fourth-order valence-corrected chi connectivity index (χ4v) is 6.43. The summed E-state index contributed by atoms with van der Waals surface area (Å²) in [5.74, 6) is 2.06. The normalized spacial score (nSPS) is 28.6. The Morgan fingerprint density at radius 2 is 0.917 bits per heavy atom. The van der Waals surface area contributed by atoms with E-state index < -0.39 is 0 Å². The third-order valence-electron chi connectivity index (χ3n) is 9.14. The largest absolute Gasteiger partial charge is 0.322 e. The van der Waals surface area contributed by atoms with E-state index in [1.807, 2.05) is 24.3 Å². The molecule has 0 atom stereocenters. The topological polar surface area (TPSA) is 34.1 Å². The highest BCUT2D eigenvalue weighted by atomic mass is 16.1. The number of hydrogen-bond acceptors (Lipinski definition) is 2. The Morgan fingerprint density at radius 3 is 1.19 bits per heavy atom. The predicted molar refractivity (Wildman–Crippen MR) is 147 cm³/mol. The summed E-state index contributed by atoms with van der Waals surface area (Å²) in [6, 6.07) is 16.5. The van der Waals surface area contributed by atoms with Crippen molar-refractivity contribution >= 4 is 11.6 Å². The van der Waals surface area contributed by atoms with E-state index in [1.54, 1.807) is 13.8 Å². The molecule has 4 heteroatoms. The molecule has 194 valence electrons. The van der Waals surface area contributed by atoms with Crippen LogP contribution in [0.4, 0.5) is 0 Å². The van der Waals surface area contributed by atoms with Crippen molar-refractivity contribution in [2.75, 3.05) is 40.3 Å². The van der Waals surface area contributed by atoms with Gasteiger partial charge in [0, 0.05) is 22.3 Å². The van der Waals surface area contributed by atoms with Gasteiger partial charge in [0.05, 0.1) is 40.3 Å². The lowest BCUT2D eigenvalue weighted by atomic mass is 9.84. The molecule has 0 spiro atoms. The maximum absolute atomic E-state index is 11.5. The molecule has 0 saturated carbocycles. The van der Waals surface area contributed by atoms with Gasteiger partial charge in [0.15, 0.2) is 11.6 Å². The summed E-state index contributed by atoms with van der Waals surface area (Å²) in [6.07, 6.45) is 8.18. The lowest BCUT2D eigenvalue weighted by molar-refractivity contribution is -0.928. The van der Waals surface area contributed by atoms with Crippen LogP contribution in [0.3, 0.4) is 0 Å². The molecule has 0 amide bonds. The minimum atomic E-state index is 0.143. The number of Topliss-reactive ketones (excluding diaryl/α,β-unsaturated/α-hetero) is 2. The van der Waals surface area contributed by atoms with Crippen molar-refractivity contribution in [3.05, 3.63) is 70.8 Å². The molecule has 2 aliphatic rings. The van der Waals surface area contributed by atoms with Gasteiger partial charge in [-0.15, -0.1) is 0 Å². The van der Waals surface area contributed by atoms with Crippen LogP contribution in [0.15, 0.2) is 48.5 Å². The molecule has 2 saturated heterocycles. The van der Waals surface area contributed by atoms with Gasteiger partial charge in [0.25, 0.3) is 0 Å². The Labute approximate surface area is 218 Å². The third-order valence-corrected chi connectivity index (χ3v) is 9.14. The molecular formula is C32H46N2O2+2. The molecule has 36 heavy (non-hydrogen) atoms. The quantitative estimate of drug-likeness (QED) is 0.306. The Bertz CT molecular complexity index is 939. The fraction of sp³-hybridized carbons (Fsp3) is 0.562. The number of piperidine rings is 2. The number of hydrogen-bond donors (Lipinski definition) is 0. The molecule has 2 aliphatic heterocycles. The monoisotopic (exact) mass is 490 g/mol. The van der Waals surface area contributed by atoms with Crippen LogP contribution in [0.1, 0.15) is 84.2 Å². The SMILES string of the molecule is CC(=O)c1ccc(C[N+]2(C)CCC(CCC3CC[N+](C)(Cc4ccc(C(C)=O)cc4)CC3)CC2)cc1. The van der Waals surface area contributed by atoms with Gasteiger partial charge in [0.1, 0.15) is 13.1 Å². The van der Waals surface area contributed by atoms with E-state index in [1.165, 1.54) is 75.8 Å². The van der Waals surface area contributed by atoms with Crippen LogP contribution < -0.4 is 0 Å². The first kappa shape index (κ1) is 26.8. The van der Waals surface area contributed by atoms with Gasteiger partial charge in [-0.2, -0.15) is 0 Å². The van der Waals surface area contributed by atoms with Gasteiger partial charge in [-0.05, 0) is 64.2 Å². The fourth-order valence-electron chi connectivity index (χ4n) is 6.43. The van der Waals surface area contributed by atoms with Crippen LogP contribution in [0, 0.1) is 11.8 Å². The average Bonchev–Trinajstić information content (AvgIpc) is 2.85. The number of ketones is 2. The van der Waals surface area contributed by atoms with Crippen LogP contribution in [-0.2, 0) is 13.1 Å². The van der Waals surface area contributed by atoms with Crippen LogP contribution in [0.25, 0.3) is 0 Å². The van der Waals surface area contributed by atoms with E-state index in [9.17, 15) is 9.59 Å².